The van der Waals surface area contributed by atoms with Crippen LogP contribution in [-0.2, 0) is 17.5 Å². The minimum atomic E-state index is -4.50. The highest BCUT2D eigenvalue weighted by Crippen LogP contribution is 2.33. The van der Waals surface area contributed by atoms with Crippen LogP contribution in [-0.4, -0.2) is 66.1 Å². The topological polar surface area (TPSA) is 105 Å². The maximum Gasteiger partial charge on any atom is 0.416 e. The van der Waals surface area contributed by atoms with Crippen LogP contribution in [0.1, 0.15) is 27.9 Å². The number of nitrogens with one attached hydrogen (secondary N) is 2. The lowest BCUT2D eigenvalue weighted by Gasteiger charge is -2.35. The Bertz CT molecular complexity index is 1760. The van der Waals surface area contributed by atoms with Crippen LogP contribution in [0.2, 0.25) is 0 Å². The van der Waals surface area contributed by atoms with Crippen molar-refractivity contribution in [3.8, 4) is 23.1 Å². The molecule has 4 aromatic rings. The zero-order chi connectivity index (χ0) is 33.7. The van der Waals surface area contributed by atoms with Gasteiger partial charge in [-0.25, -0.2) is 9.37 Å². The van der Waals surface area contributed by atoms with E-state index < -0.39 is 23.5 Å². The lowest BCUT2D eigenvalue weighted by Crippen LogP contribution is -2.48. The molecule has 2 amide bonds. The van der Waals surface area contributed by atoms with Gasteiger partial charge in [-0.3, -0.25) is 14.5 Å². The molecular formula is C34H31F4N5O5. The van der Waals surface area contributed by atoms with Crippen LogP contribution >= 0.6 is 0 Å². The highest BCUT2D eigenvalue weighted by atomic mass is 19.4. The van der Waals surface area contributed by atoms with Gasteiger partial charge in [0.1, 0.15) is 0 Å². The van der Waals surface area contributed by atoms with E-state index in [1.165, 1.54) is 30.5 Å². The van der Waals surface area contributed by atoms with E-state index in [9.17, 15) is 27.2 Å². The van der Waals surface area contributed by atoms with E-state index in [4.69, 9.17) is 14.2 Å². The van der Waals surface area contributed by atoms with Gasteiger partial charge < -0.3 is 29.7 Å². The van der Waals surface area contributed by atoms with Crippen LogP contribution in [0.4, 0.5) is 28.9 Å². The molecule has 0 unspecified atom stereocenters. The zero-order valence-corrected chi connectivity index (χ0v) is 25.6. The minimum absolute atomic E-state index is 0.0238. The Hall–Kier alpha value is -5.37. The van der Waals surface area contributed by atoms with Crippen LogP contribution in [0.15, 0.2) is 79.0 Å². The first-order valence-electron chi connectivity index (χ1n) is 15.2. The van der Waals surface area contributed by atoms with Gasteiger partial charge in [-0.2, -0.15) is 13.2 Å². The van der Waals surface area contributed by atoms with Crippen molar-refractivity contribution >= 4 is 23.2 Å². The Morgan fingerprint density at radius 2 is 1.62 bits per heavy atom. The van der Waals surface area contributed by atoms with Gasteiger partial charge in [0.15, 0.2) is 23.1 Å². The monoisotopic (exact) mass is 665 g/mol. The molecule has 0 atom stereocenters. The zero-order valence-electron chi connectivity index (χ0n) is 25.6. The van der Waals surface area contributed by atoms with Gasteiger partial charge in [-0.15, -0.1) is 0 Å². The Balaban J connectivity index is 0.920. The molecule has 14 heteroatoms. The molecule has 3 heterocycles. The van der Waals surface area contributed by atoms with Crippen molar-refractivity contribution < 1.29 is 41.4 Å². The van der Waals surface area contributed by atoms with Crippen molar-refractivity contribution in [2.75, 3.05) is 50.2 Å². The summed E-state index contributed by atoms with van der Waals surface area (Å²) >= 11 is 0. The maximum absolute atomic E-state index is 14.8. The van der Waals surface area contributed by atoms with Crippen molar-refractivity contribution in [1.82, 2.24) is 14.8 Å². The molecule has 3 aromatic carbocycles. The predicted octanol–water partition coefficient (Wildman–Crippen LogP) is 6.16. The number of rotatable bonds is 10. The van der Waals surface area contributed by atoms with E-state index in [-0.39, 0.29) is 42.0 Å². The van der Waals surface area contributed by atoms with Crippen LogP contribution in [0.25, 0.3) is 0 Å². The number of piperazine rings is 1. The van der Waals surface area contributed by atoms with E-state index in [2.05, 4.69) is 20.5 Å². The molecule has 10 nitrogen and oxygen atoms in total. The fourth-order valence-corrected chi connectivity index (χ4v) is 5.26. The number of fused-ring (bicyclic) bond motifs is 1. The molecule has 6 rings (SSSR count). The normalized spacial score (nSPS) is 14.5. The van der Waals surface area contributed by atoms with Gasteiger partial charge in [0.05, 0.1) is 17.4 Å². The summed E-state index contributed by atoms with van der Waals surface area (Å²) in [6.45, 7) is 4.11. The molecule has 0 bridgehead atoms. The second kappa shape index (κ2) is 14.2. The quantitative estimate of drug-likeness (QED) is 0.194. The van der Waals surface area contributed by atoms with Gasteiger partial charge in [-0.1, -0.05) is 6.07 Å². The summed E-state index contributed by atoms with van der Waals surface area (Å²) in [4.78, 5) is 33.4. The molecule has 1 aromatic heterocycles. The molecule has 250 valence electrons. The average Bonchev–Trinajstić information content (AvgIpc) is 3.55. The third kappa shape index (κ3) is 8.12. The summed E-state index contributed by atoms with van der Waals surface area (Å²) in [5.74, 6) is 0.248. The highest BCUT2D eigenvalue weighted by molar-refractivity contribution is 6.04. The molecule has 2 aliphatic rings. The molecule has 0 aliphatic carbocycles. The van der Waals surface area contributed by atoms with E-state index in [0.29, 0.717) is 25.3 Å². The SMILES string of the molecule is O=C(Nc1ccc(Oc2ccc(NCCC(=O)N3CCN(Cc4ccc5c(c4)OCO5)CC3)cc2F)nc1)c1ccc(C(F)(F)F)cc1. The minimum Gasteiger partial charge on any atom is -0.454 e. The van der Waals surface area contributed by atoms with Crippen LogP contribution in [0.3, 0.4) is 0 Å². The van der Waals surface area contributed by atoms with Crippen molar-refractivity contribution in [3.05, 3.63) is 102 Å². The van der Waals surface area contributed by atoms with Gasteiger partial charge >= 0.3 is 6.18 Å². The number of carbonyl (C=O) groups excluding carboxylic acids is 2. The van der Waals surface area contributed by atoms with Gasteiger partial charge in [0, 0.05) is 69.1 Å². The lowest BCUT2D eigenvalue weighted by molar-refractivity contribution is -0.137. The summed E-state index contributed by atoms with van der Waals surface area (Å²) < 4.78 is 69.4. The maximum atomic E-state index is 14.8. The first-order valence-corrected chi connectivity index (χ1v) is 15.2. The molecule has 1 fully saturated rings. The standard InChI is InChI=1S/C34H31F4N5O5/c35-27-18-25(39-12-11-32(44)43-15-13-42(14-16-43)20-22-1-8-29-30(17-22)47-21-46-29)6-9-28(27)48-31-10-7-26(19-40-31)41-33(45)23-2-4-24(5-3-23)34(36,37)38/h1-10,17-19,39H,11-16,20-21H2,(H,41,45). The number of amides is 2. The highest BCUT2D eigenvalue weighted by Gasteiger charge is 2.30. The molecule has 48 heavy (non-hydrogen) atoms. The number of hydrogen-bond acceptors (Lipinski definition) is 8. The van der Waals surface area contributed by atoms with Gasteiger partial charge in [-0.05, 0) is 60.2 Å². The van der Waals surface area contributed by atoms with E-state index in [1.54, 1.807) is 6.07 Å². The Labute approximate surface area is 273 Å². The lowest BCUT2D eigenvalue weighted by atomic mass is 10.1. The van der Waals surface area contributed by atoms with Crippen molar-refractivity contribution in [3.63, 3.8) is 0 Å². The molecule has 0 radical (unpaired) electrons. The van der Waals surface area contributed by atoms with E-state index in [0.717, 1.165) is 61.0 Å². The largest absolute Gasteiger partial charge is 0.454 e. The van der Waals surface area contributed by atoms with Crippen molar-refractivity contribution in [2.45, 2.75) is 19.1 Å². The number of anilines is 2. The van der Waals surface area contributed by atoms with Crippen molar-refractivity contribution in [2.24, 2.45) is 0 Å². The summed E-state index contributed by atoms with van der Waals surface area (Å²) in [7, 11) is 0. The van der Waals surface area contributed by atoms with Gasteiger partial charge in [0.25, 0.3) is 5.91 Å². The molecule has 1 saturated heterocycles. The fraction of sp³-hybridized carbons (Fsp3) is 0.265. The van der Waals surface area contributed by atoms with Crippen LogP contribution in [0, 0.1) is 5.82 Å². The number of pyridine rings is 1. The predicted molar refractivity (Wildman–Crippen MR) is 168 cm³/mol. The summed E-state index contributed by atoms with van der Waals surface area (Å²) in [6, 6.07) is 16.9. The number of alkyl halides is 3. The number of carbonyl (C=O) groups is 2. The van der Waals surface area contributed by atoms with Gasteiger partial charge in [0.2, 0.25) is 18.6 Å². The van der Waals surface area contributed by atoms with Crippen LogP contribution in [0.5, 0.6) is 23.1 Å². The summed E-state index contributed by atoms with van der Waals surface area (Å²) in [5, 5.41) is 5.61. The second-order valence-corrected chi connectivity index (χ2v) is 11.2. The van der Waals surface area contributed by atoms with E-state index in [1.807, 2.05) is 23.1 Å². The fourth-order valence-electron chi connectivity index (χ4n) is 5.26. The second-order valence-electron chi connectivity index (χ2n) is 11.2. The van der Waals surface area contributed by atoms with Crippen molar-refractivity contribution in [1.29, 1.82) is 0 Å². The number of halogens is 4. The Kier molecular flexibility index (Phi) is 9.62. The molecule has 2 N–H and O–H groups in total. The Morgan fingerprint density at radius 3 is 2.33 bits per heavy atom. The number of benzene rings is 3. The molecular weight excluding hydrogens is 634 g/mol. The summed E-state index contributed by atoms with van der Waals surface area (Å²) in [5.41, 5.74) is 1.06. The number of aromatic nitrogens is 1. The average molecular weight is 666 g/mol. The Morgan fingerprint density at radius 1 is 0.875 bits per heavy atom. The number of hydrogen-bond donors (Lipinski definition) is 2. The first kappa shape index (κ1) is 32.6. The van der Waals surface area contributed by atoms with Crippen LogP contribution < -0.4 is 24.8 Å². The number of ether oxygens (including phenoxy) is 3. The first-order chi connectivity index (χ1) is 23.1. The molecule has 0 spiro atoms. The molecule has 2 aliphatic heterocycles. The molecule has 0 saturated carbocycles. The number of nitrogens with zero attached hydrogens (tertiary/aromatic N) is 3. The smallest absolute Gasteiger partial charge is 0.416 e. The summed E-state index contributed by atoms with van der Waals surface area (Å²) in [6.07, 6.45) is -2.96. The third-order valence-electron chi connectivity index (χ3n) is 7.85. The third-order valence-corrected chi connectivity index (χ3v) is 7.85. The van der Waals surface area contributed by atoms with E-state index >= 15 is 0 Å².